The topological polar surface area (TPSA) is 60.2 Å². The zero-order valence-corrected chi connectivity index (χ0v) is 11.2. The van der Waals surface area contributed by atoms with E-state index < -0.39 is 4.92 Å². The number of hydrogen-bond donors (Lipinski definition) is 0. The Morgan fingerprint density at radius 3 is 2.60 bits per heavy atom. The number of benzene rings is 1. The average molecular weight is 376 g/mol. The van der Waals surface area contributed by atoms with Gasteiger partial charge in [-0.25, -0.2) is 0 Å². The summed E-state index contributed by atoms with van der Waals surface area (Å²) < 4.78 is 0. The summed E-state index contributed by atoms with van der Waals surface area (Å²) in [6.45, 7) is 1.95. The monoisotopic (exact) mass is 376 g/mol. The molecule has 0 saturated carbocycles. The van der Waals surface area contributed by atoms with Crippen LogP contribution in [0.4, 0.5) is 5.69 Å². The Bertz CT molecular complexity index is 366. The first-order chi connectivity index (χ1) is 6.69. The molecule has 0 heterocycles. The van der Waals surface area contributed by atoms with Crippen LogP contribution in [0.1, 0.15) is 24.5 Å². The molecule has 1 aromatic carbocycles. The van der Waals surface area contributed by atoms with Crippen LogP contribution in [0.3, 0.4) is 0 Å². The van der Waals surface area contributed by atoms with Gasteiger partial charge < -0.3 is 4.79 Å². The van der Waals surface area contributed by atoms with E-state index in [1.54, 1.807) is 18.4 Å². The molecule has 0 aliphatic rings. The van der Waals surface area contributed by atoms with Gasteiger partial charge in [0.05, 0.1) is 6.29 Å². The van der Waals surface area contributed by atoms with Crippen molar-refractivity contribution in [2.24, 2.45) is 0 Å². The van der Waals surface area contributed by atoms with E-state index in [0.29, 0.717) is 12.0 Å². The minimum absolute atomic E-state index is 0. The number of nitro benzene ring substituents is 1. The van der Waals surface area contributed by atoms with Crippen LogP contribution in [0, 0.1) is 10.1 Å². The van der Waals surface area contributed by atoms with Crippen molar-refractivity contribution in [1.29, 1.82) is 0 Å². The summed E-state index contributed by atoms with van der Waals surface area (Å²) in [5.74, 6) is 0. The van der Waals surface area contributed by atoms with Crippen LogP contribution in [0.25, 0.3) is 0 Å². The standard InChI is InChI=1S/C10H10NO3.W/c1-2-3-9-5-4-8(7-12)6-10(9)11(13)14;/h4-6H,2-3H2,1H3;/q-1;. The first kappa shape index (κ1) is 14.0. The normalized spacial score (nSPS) is 9.13. The zero-order valence-electron chi connectivity index (χ0n) is 8.23. The Morgan fingerprint density at radius 2 is 2.13 bits per heavy atom. The van der Waals surface area contributed by atoms with Gasteiger partial charge in [0.2, 0.25) is 5.69 Å². The third-order valence-corrected chi connectivity index (χ3v) is 1.92. The maximum atomic E-state index is 10.6. The van der Waals surface area contributed by atoms with Gasteiger partial charge in [0, 0.05) is 31.6 Å². The van der Waals surface area contributed by atoms with E-state index >= 15 is 0 Å². The number of aryl methyl sites for hydroxylation is 1. The average Bonchev–Trinajstić information content (AvgIpc) is 2.18. The van der Waals surface area contributed by atoms with E-state index in [-0.39, 0.29) is 32.3 Å². The summed E-state index contributed by atoms with van der Waals surface area (Å²) in [4.78, 5) is 20.5. The number of hydrogen-bond acceptors (Lipinski definition) is 3. The second-order valence-electron chi connectivity index (χ2n) is 2.95. The summed E-state index contributed by atoms with van der Waals surface area (Å²) >= 11 is 0. The van der Waals surface area contributed by atoms with Crippen molar-refractivity contribution in [3.63, 3.8) is 0 Å². The zero-order chi connectivity index (χ0) is 10.6. The second kappa shape index (κ2) is 6.46. The maximum Gasteiger partial charge on any atom is 0.220 e. The van der Waals surface area contributed by atoms with Gasteiger partial charge in [0.15, 0.2) is 0 Å². The first-order valence-corrected chi connectivity index (χ1v) is 4.34. The molecular formula is C10H10NO3W-. The van der Waals surface area contributed by atoms with Gasteiger partial charge in [-0.2, -0.15) is 6.07 Å². The molecule has 1 aromatic rings. The summed E-state index contributed by atoms with van der Waals surface area (Å²) in [7, 11) is 0. The molecule has 0 N–H and O–H groups in total. The van der Waals surface area contributed by atoms with Gasteiger partial charge in [-0.3, -0.25) is 10.1 Å². The Morgan fingerprint density at radius 1 is 1.47 bits per heavy atom. The van der Waals surface area contributed by atoms with Crippen LogP contribution >= 0.6 is 0 Å². The molecule has 4 nitrogen and oxygen atoms in total. The van der Waals surface area contributed by atoms with Gasteiger partial charge in [-0.1, -0.05) is 19.4 Å². The maximum absolute atomic E-state index is 10.6. The van der Waals surface area contributed by atoms with E-state index in [2.05, 4.69) is 0 Å². The van der Waals surface area contributed by atoms with Crippen LogP contribution < -0.4 is 0 Å². The fraction of sp³-hybridized carbons (Fsp3) is 0.300. The van der Waals surface area contributed by atoms with Gasteiger partial charge in [0.1, 0.15) is 0 Å². The minimum atomic E-state index is -0.466. The van der Waals surface area contributed by atoms with E-state index in [9.17, 15) is 14.9 Å². The molecule has 80 valence electrons. The molecule has 0 aliphatic heterocycles. The smallest absolute Gasteiger partial charge is 0.220 e. The number of nitrogens with zero attached hydrogens (tertiary/aromatic N) is 1. The Hall–Kier alpha value is -1.02. The molecule has 0 radical (unpaired) electrons. The quantitative estimate of drug-likeness (QED) is 0.459. The molecule has 0 spiro atoms. The predicted molar refractivity (Wildman–Crippen MR) is 51.9 cm³/mol. The number of nitro groups is 1. The van der Waals surface area contributed by atoms with Crippen LogP contribution in [0.2, 0.25) is 0 Å². The number of carbonyl (C=O) groups excluding carboxylic acids is 1. The summed E-state index contributed by atoms with van der Waals surface area (Å²) in [5, 5.41) is 10.6. The van der Waals surface area contributed by atoms with Crippen LogP contribution in [0.5, 0.6) is 0 Å². The largest absolute Gasteiger partial charge is 0.376 e. The molecule has 1 rings (SSSR count). The van der Waals surface area contributed by atoms with Crippen LogP contribution in [-0.2, 0) is 32.3 Å². The predicted octanol–water partition coefficient (Wildman–Crippen LogP) is 2.00. The molecule has 0 fully saturated rings. The van der Waals surface area contributed by atoms with Gasteiger partial charge in [0.25, 0.3) is 0 Å². The van der Waals surface area contributed by atoms with Crippen molar-refractivity contribution in [2.45, 2.75) is 19.8 Å². The molecule has 15 heavy (non-hydrogen) atoms. The molecule has 0 saturated heterocycles. The van der Waals surface area contributed by atoms with Gasteiger partial charge >= 0.3 is 0 Å². The molecule has 0 aliphatic carbocycles. The molecule has 5 heteroatoms. The van der Waals surface area contributed by atoms with Crippen molar-refractivity contribution >= 4 is 12.0 Å². The van der Waals surface area contributed by atoms with Crippen molar-refractivity contribution in [3.05, 3.63) is 39.4 Å². The molecular weight excluding hydrogens is 366 g/mol. The summed E-state index contributed by atoms with van der Waals surface area (Å²) in [6.07, 6.45) is 3.12. The van der Waals surface area contributed by atoms with Crippen molar-refractivity contribution in [3.8, 4) is 0 Å². The van der Waals surface area contributed by atoms with Gasteiger partial charge in [-0.15, -0.1) is 11.6 Å². The van der Waals surface area contributed by atoms with E-state index in [4.69, 9.17) is 0 Å². The fourth-order valence-electron chi connectivity index (χ4n) is 1.28. The fourth-order valence-corrected chi connectivity index (χ4v) is 1.28. The van der Waals surface area contributed by atoms with Crippen LogP contribution in [0.15, 0.2) is 18.2 Å². The van der Waals surface area contributed by atoms with Gasteiger partial charge in [-0.05, 0) is 6.42 Å². The van der Waals surface area contributed by atoms with Crippen molar-refractivity contribution < 1.29 is 30.8 Å². The van der Waals surface area contributed by atoms with E-state index in [1.807, 2.05) is 6.92 Å². The number of rotatable bonds is 4. The SMILES string of the molecule is CCCc1ccc([C-]=O)cc1[N+](=O)[O-].[W]. The third-order valence-electron chi connectivity index (χ3n) is 1.92. The molecule has 0 amide bonds. The minimum Gasteiger partial charge on any atom is -0.376 e. The van der Waals surface area contributed by atoms with Crippen molar-refractivity contribution in [1.82, 2.24) is 0 Å². The molecule has 0 atom stereocenters. The second-order valence-corrected chi connectivity index (χ2v) is 2.95. The Balaban J connectivity index is 0.00000196. The Kier molecular flexibility index (Phi) is 6.02. The molecule has 0 bridgehead atoms. The third kappa shape index (κ3) is 3.55. The van der Waals surface area contributed by atoms with E-state index in [1.165, 1.54) is 6.07 Å². The molecule has 0 unspecified atom stereocenters. The van der Waals surface area contributed by atoms with E-state index in [0.717, 1.165) is 6.42 Å². The van der Waals surface area contributed by atoms with Crippen molar-refractivity contribution in [2.75, 3.05) is 0 Å². The van der Waals surface area contributed by atoms with Crippen LogP contribution in [-0.4, -0.2) is 11.2 Å². The molecule has 0 aromatic heterocycles. The summed E-state index contributed by atoms with van der Waals surface area (Å²) in [5.41, 5.74) is 0.890. The first-order valence-electron chi connectivity index (χ1n) is 4.34. The Labute approximate surface area is 102 Å². The summed E-state index contributed by atoms with van der Waals surface area (Å²) in [6, 6.07) is 4.42.